The molecule has 2 saturated heterocycles. The van der Waals surface area contributed by atoms with Crippen molar-refractivity contribution in [3.8, 4) is 0 Å². The van der Waals surface area contributed by atoms with Gasteiger partial charge in [-0.2, -0.15) is 0 Å². The van der Waals surface area contributed by atoms with Gasteiger partial charge in [0.15, 0.2) is 0 Å². The van der Waals surface area contributed by atoms with Crippen LogP contribution in [0, 0.1) is 5.92 Å². The normalized spacial score (nSPS) is 29.3. The van der Waals surface area contributed by atoms with Crippen LogP contribution in [0.15, 0.2) is 0 Å². The monoisotopic (exact) mass is 328 g/mol. The fraction of sp³-hybridized carbons (Fsp3) is 1.00. The van der Waals surface area contributed by atoms with E-state index in [2.05, 4.69) is 58.5 Å². The number of hydrogen-bond acceptors (Lipinski definition) is 4. The Morgan fingerprint density at radius 1 is 0.913 bits per heavy atom. The van der Waals surface area contributed by atoms with Crippen molar-refractivity contribution >= 4 is 0 Å². The minimum absolute atomic E-state index is 0.370. The average Bonchev–Trinajstić information content (AvgIpc) is 3.00. The SMILES string of the molecule is CC(C)OC[C@@H]1CCCN1C.CC1C[C@@H](COC(C)C)N(C)C1. The van der Waals surface area contributed by atoms with Gasteiger partial charge in [0.25, 0.3) is 0 Å². The van der Waals surface area contributed by atoms with Gasteiger partial charge in [-0.25, -0.2) is 0 Å². The van der Waals surface area contributed by atoms with Crippen molar-refractivity contribution in [1.29, 1.82) is 0 Å². The van der Waals surface area contributed by atoms with E-state index >= 15 is 0 Å². The van der Waals surface area contributed by atoms with E-state index in [9.17, 15) is 0 Å². The van der Waals surface area contributed by atoms with Gasteiger partial charge in [0.2, 0.25) is 0 Å². The summed E-state index contributed by atoms with van der Waals surface area (Å²) in [5.41, 5.74) is 0. The van der Waals surface area contributed by atoms with Crippen molar-refractivity contribution < 1.29 is 9.47 Å². The number of nitrogens with zero attached hydrogens (tertiary/aromatic N) is 2. The predicted octanol–water partition coefficient (Wildman–Crippen LogP) is 3.26. The van der Waals surface area contributed by atoms with E-state index in [4.69, 9.17) is 9.47 Å². The lowest BCUT2D eigenvalue weighted by molar-refractivity contribution is 0.0430. The van der Waals surface area contributed by atoms with E-state index < -0.39 is 0 Å². The zero-order valence-electron chi connectivity index (χ0n) is 16.5. The molecule has 0 spiro atoms. The number of hydrogen-bond donors (Lipinski definition) is 0. The van der Waals surface area contributed by atoms with Crippen LogP contribution < -0.4 is 0 Å². The lowest BCUT2D eigenvalue weighted by Crippen LogP contribution is -2.30. The van der Waals surface area contributed by atoms with Crippen molar-refractivity contribution in [1.82, 2.24) is 9.80 Å². The molecule has 23 heavy (non-hydrogen) atoms. The molecule has 4 nitrogen and oxygen atoms in total. The minimum atomic E-state index is 0.370. The molecular formula is C19H40N2O2. The summed E-state index contributed by atoms with van der Waals surface area (Å²) >= 11 is 0. The Morgan fingerprint density at radius 3 is 1.87 bits per heavy atom. The maximum atomic E-state index is 5.60. The third kappa shape index (κ3) is 8.48. The zero-order valence-corrected chi connectivity index (χ0v) is 16.5. The van der Waals surface area contributed by atoms with E-state index in [1.807, 2.05) is 0 Å². The standard InChI is InChI=1S/C10H21NO.C9H19NO/c1-8(2)12-7-10-5-9(3)6-11(10)4;1-8(2)11-7-9-5-4-6-10(9)3/h8-10H,5-7H2,1-4H3;8-9H,4-7H2,1-3H3/t9?,10-;9-/m00/s1. The van der Waals surface area contributed by atoms with Crippen molar-refractivity contribution in [2.75, 3.05) is 40.4 Å². The van der Waals surface area contributed by atoms with E-state index in [0.717, 1.165) is 19.1 Å². The third-order valence-corrected chi connectivity index (χ3v) is 4.81. The van der Waals surface area contributed by atoms with Crippen LogP contribution in [0.5, 0.6) is 0 Å². The molecule has 0 amide bonds. The van der Waals surface area contributed by atoms with Gasteiger partial charge in [-0.15, -0.1) is 0 Å². The molecule has 2 rings (SSSR count). The third-order valence-electron chi connectivity index (χ3n) is 4.81. The first-order valence-electron chi connectivity index (χ1n) is 9.43. The van der Waals surface area contributed by atoms with E-state index in [1.54, 1.807) is 0 Å². The number of rotatable bonds is 6. The molecular weight excluding hydrogens is 288 g/mol. The number of likely N-dealkylation sites (tertiary alicyclic amines) is 2. The van der Waals surface area contributed by atoms with Gasteiger partial charge in [-0.3, -0.25) is 0 Å². The van der Waals surface area contributed by atoms with Gasteiger partial charge >= 0.3 is 0 Å². The molecule has 0 N–H and O–H groups in total. The highest BCUT2D eigenvalue weighted by Gasteiger charge is 2.26. The largest absolute Gasteiger partial charge is 0.377 e. The Morgan fingerprint density at radius 2 is 1.48 bits per heavy atom. The van der Waals surface area contributed by atoms with E-state index in [-0.39, 0.29) is 0 Å². The van der Waals surface area contributed by atoms with Crippen molar-refractivity contribution in [3.63, 3.8) is 0 Å². The molecule has 0 aromatic rings. The quantitative estimate of drug-likeness (QED) is 0.747. The molecule has 138 valence electrons. The van der Waals surface area contributed by atoms with Crippen LogP contribution in [0.3, 0.4) is 0 Å². The van der Waals surface area contributed by atoms with Crippen LogP contribution in [0.1, 0.15) is 53.9 Å². The Bertz CT molecular complexity index is 310. The summed E-state index contributed by atoms with van der Waals surface area (Å²) in [6.07, 6.45) is 4.69. The molecule has 2 aliphatic rings. The van der Waals surface area contributed by atoms with Crippen LogP contribution in [0.25, 0.3) is 0 Å². The summed E-state index contributed by atoms with van der Waals surface area (Å²) in [4.78, 5) is 4.80. The molecule has 0 aromatic heterocycles. The molecule has 2 fully saturated rings. The van der Waals surface area contributed by atoms with Crippen LogP contribution in [0.4, 0.5) is 0 Å². The Labute approximate surface area is 144 Å². The van der Waals surface area contributed by atoms with Gasteiger partial charge in [-0.1, -0.05) is 6.92 Å². The van der Waals surface area contributed by atoms with Crippen molar-refractivity contribution in [3.05, 3.63) is 0 Å². The maximum absolute atomic E-state index is 5.60. The van der Waals surface area contributed by atoms with E-state index in [0.29, 0.717) is 24.3 Å². The smallest absolute Gasteiger partial charge is 0.0625 e. The summed E-state index contributed by atoms with van der Waals surface area (Å²) in [7, 11) is 4.37. The van der Waals surface area contributed by atoms with Gasteiger partial charge in [-0.05, 0) is 73.5 Å². The lowest BCUT2D eigenvalue weighted by Gasteiger charge is -2.20. The molecule has 0 aliphatic carbocycles. The molecule has 0 saturated carbocycles. The summed E-state index contributed by atoms with van der Waals surface area (Å²) in [6.45, 7) is 15.0. The van der Waals surface area contributed by atoms with Gasteiger partial charge in [0.1, 0.15) is 0 Å². The Kier molecular flexibility index (Phi) is 9.67. The van der Waals surface area contributed by atoms with Crippen LogP contribution in [-0.2, 0) is 9.47 Å². The fourth-order valence-corrected chi connectivity index (χ4v) is 3.35. The molecule has 0 bridgehead atoms. The Hall–Kier alpha value is -0.160. The van der Waals surface area contributed by atoms with Gasteiger partial charge in [0, 0.05) is 18.6 Å². The molecule has 2 aliphatic heterocycles. The summed E-state index contributed by atoms with van der Waals surface area (Å²) in [6, 6.07) is 1.33. The van der Waals surface area contributed by atoms with Gasteiger partial charge < -0.3 is 19.3 Å². The zero-order chi connectivity index (χ0) is 17.4. The summed E-state index contributed by atoms with van der Waals surface area (Å²) < 4.78 is 11.2. The minimum Gasteiger partial charge on any atom is -0.377 e. The first kappa shape index (κ1) is 20.9. The summed E-state index contributed by atoms with van der Waals surface area (Å²) in [5, 5.41) is 0. The highest BCUT2D eigenvalue weighted by molar-refractivity contribution is 4.80. The topological polar surface area (TPSA) is 24.9 Å². The first-order valence-corrected chi connectivity index (χ1v) is 9.43. The van der Waals surface area contributed by atoms with E-state index in [1.165, 1.54) is 32.4 Å². The lowest BCUT2D eigenvalue weighted by atomic mass is 10.1. The maximum Gasteiger partial charge on any atom is 0.0625 e. The molecule has 2 heterocycles. The first-order chi connectivity index (χ1) is 10.8. The highest BCUT2D eigenvalue weighted by Crippen LogP contribution is 2.21. The highest BCUT2D eigenvalue weighted by atomic mass is 16.5. The Balaban J connectivity index is 0.000000231. The number of ether oxygens (including phenoxy) is 2. The molecule has 3 atom stereocenters. The number of likely N-dealkylation sites (N-methyl/N-ethyl adjacent to an activating group) is 2. The second kappa shape index (κ2) is 10.7. The summed E-state index contributed by atoms with van der Waals surface area (Å²) in [5.74, 6) is 0.843. The second-order valence-corrected chi connectivity index (χ2v) is 7.98. The average molecular weight is 329 g/mol. The van der Waals surface area contributed by atoms with Crippen LogP contribution in [-0.4, -0.2) is 74.5 Å². The molecule has 0 radical (unpaired) electrons. The van der Waals surface area contributed by atoms with Crippen LogP contribution >= 0.6 is 0 Å². The molecule has 4 heteroatoms. The van der Waals surface area contributed by atoms with Crippen molar-refractivity contribution in [2.24, 2.45) is 5.92 Å². The fourth-order valence-electron chi connectivity index (χ4n) is 3.35. The van der Waals surface area contributed by atoms with Crippen molar-refractivity contribution in [2.45, 2.75) is 78.2 Å². The van der Waals surface area contributed by atoms with Gasteiger partial charge in [0.05, 0.1) is 25.4 Å². The van der Waals surface area contributed by atoms with Crippen LogP contribution in [0.2, 0.25) is 0 Å². The molecule has 0 aromatic carbocycles. The second-order valence-electron chi connectivity index (χ2n) is 7.98. The molecule has 1 unspecified atom stereocenters. The predicted molar refractivity (Wildman–Crippen MR) is 98.0 cm³/mol.